The fourth-order valence-electron chi connectivity index (χ4n) is 2.64. The second kappa shape index (κ2) is 7.29. The van der Waals surface area contributed by atoms with Gasteiger partial charge in [-0.25, -0.2) is 0 Å². The molecule has 0 saturated carbocycles. The maximum Gasteiger partial charge on any atom is 0.424 e. The molecule has 2 aromatic rings. The van der Waals surface area contributed by atoms with Crippen molar-refractivity contribution in [1.29, 1.82) is 0 Å². The first-order chi connectivity index (χ1) is 12.1. The quantitative estimate of drug-likeness (QED) is 0.749. The molecule has 0 radical (unpaired) electrons. The molecule has 0 fully saturated rings. The van der Waals surface area contributed by atoms with Gasteiger partial charge in [-0.3, -0.25) is 0 Å². The molecule has 0 amide bonds. The van der Waals surface area contributed by atoms with Crippen LogP contribution in [0.5, 0.6) is 11.5 Å². The van der Waals surface area contributed by atoms with Crippen LogP contribution in [0.3, 0.4) is 0 Å². The van der Waals surface area contributed by atoms with Crippen LogP contribution in [0.4, 0.5) is 0 Å². The van der Waals surface area contributed by atoms with E-state index in [1.807, 2.05) is 55.1 Å². The van der Waals surface area contributed by atoms with Gasteiger partial charge in [0.15, 0.2) is 0 Å². The molecule has 3 rings (SSSR count). The van der Waals surface area contributed by atoms with Crippen molar-refractivity contribution in [2.45, 2.75) is 25.6 Å². The van der Waals surface area contributed by atoms with E-state index in [9.17, 15) is 0 Å². The van der Waals surface area contributed by atoms with Crippen LogP contribution in [0.15, 0.2) is 53.7 Å². The highest BCUT2D eigenvalue weighted by Gasteiger charge is 2.41. The lowest BCUT2D eigenvalue weighted by Gasteiger charge is -2.34. The molecule has 0 N–H and O–H groups in total. The first kappa shape index (κ1) is 17.5. The molecule has 5 nitrogen and oxygen atoms in total. The van der Waals surface area contributed by atoms with Crippen LogP contribution in [0.1, 0.15) is 24.2 Å². The third kappa shape index (κ3) is 3.70. The summed E-state index contributed by atoms with van der Waals surface area (Å²) in [5, 5.41) is 4.46. The molecule has 1 aliphatic rings. The Morgan fingerprint density at radius 1 is 0.960 bits per heavy atom. The zero-order valence-corrected chi connectivity index (χ0v) is 16.0. The Morgan fingerprint density at radius 2 is 1.52 bits per heavy atom. The highest BCUT2D eigenvalue weighted by atomic mass is 28.4. The molecule has 2 aromatic carbocycles. The van der Waals surface area contributed by atoms with Crippen molar-refractivity contribution in [3.05, 3.63) is 59.7 Å². The molecule has 2 atom stereocenters. The summed E-state index contributed by atoms with van der Waals surface area (Å²) in [5.41, 5.74) is 2.76. The minimum Gasteiger partial charge on any atom is -0.497 e. The average Bonchev–Trinajstić information content (AvgIpc) is 2.68. The van der Waals surface area contributed by atoms with Crippen LogP contribution in [0, 0.1) is 0 Å². The number of rotatable bonds is 5. The van der Waals surface area contributed by atoms with E-state index < -0.39 is 8.56 Å². The molecule has 0 spiro atoms. The summed E-state index contributed by atoms with van der Waals surface area (Å²) in [7, 11) is 0.994. The van der Waals surface area contributed by atoms with Gasteiger partial charge in [0.2, 0.25) is 0 Å². The topological polar surface area (TPSA) is 49.3 Å². The molecular formula is C19H23NO4Si. The van der Waals surface area contributed by atoms with Gasteiger partial charge in [0.25, 0.3) is 0 Å². The monoisotopic (exact) mass is 357 g/mol. The van der Waals surface area contributed by atoms with Crippen LogP contribution in [-0.2, 0) is 8.95 Å². The molecular weight excluding hydrogens is 334 g/mol. The lowest BCUT2D eigenvalue weighted by Crippen LogP contribution is -2.43. The van der Waals surface area contributed by atoms with Crippen molar-refractivity contribution >= 4 is 14.3 Å². The third-order valence-electron chi connectivity index (χ3n) is 4.40. The minimum atomic E-state index is -2.31. The number of nitrogens with zero attached hydrogens (tertiary/aromatic N) is 1. The van der Waals surface area contributed by atoms with E-state index >= 15 is 0 Å². The summed E-state index contributed by atoms with van der Waals surface area (Å²) in [6, 6.07) is 16.5. The highest BCUT2D eigenvalue weighted by molar-refractivity contribution is 6.66. The Labute approximate surface area is 149 Å². The van der Waals surface area contributed by atoms with Crippen LogP contribution < -0.4 is 9.47 Å². The van der Waals surface area contributed by atoms with Crippen molar-refractivity contribution in [3.63, 3.8) is 0 Å². The molecule has 0 aromatic heterocycles. The van der Waals surface area contributed by atoms with Gasteiger partial charge in [-0.2, -0.15) is 0 Å². The highest BCUT2D eigenvalue weighted by Crippen LogP contribution is 2.34. The van der Waals surface area contributed by atoms with Crippen molar-refractivity contribution in [2.75, 3.05) is 14.2 Å². The zero-order valence-electron chi connectivity index (χ0n) is 15.0. The summed E-state index contributed by atoms with van der Waals surface area (Å²) in [6.07, 6.45) is -0.260. The number of hydrogen-bond acceptors (Lipinski definition) is 5. The predicted octanol–water partition coefficient (Wildman–Crippen LogP) is 4.29. The van der Waals surface area contributed by atoms with Gasteiger partial charge in [0, 0.05) is 11.6 Å². The third-order valence-corrected chi connectivity index (χ3v) is 6.90. The van der Waals surface area contributed by atoms with E-state index in [-0.39, 0.29) is 6.10 Å². The molecule has 0 bridgehead atoms. The largest absolute Gasteiger partial charge is 0.497 e. The number of benzene rings is 2. The first-order valence-electron chi connectivity index (χ1n) is 8.31. The fourth-order valence-corrected chi connectivity index (χ4v) is 4.02. The maximum absolute atomic E-state index is 6.42. The van der Waals surface area contributed by atoms with Crippen molar-refractivity contribution in [2.24, 2.45) is 5.16 Å². The summed E-state index contributed by atoms with van der Waals surface area (Å²) in [6.45, 7) is 4.11. The van der Waals surface area contributed by atoms with Gasteiger partial charge in [0.1, 0.15) is 23.3 Å². The van der Waals surface area contributed by atoms with Gasteiger partial charge in [-0.05, 0) is 48.5 Å². The summed E-state index contributed by atoms with van der Waals surface area (Å²) in [5.74, 6) is 1.62. The molecule has 1 aliphatic heterocycles. The van der Waals surface area contributed by atoms with E-state index in [0.717, 1.165) is 34.4 Å². The minimum absolute atomic E-state index is 0.260. The normalized spacial score (nSPS) is 22.7. The van der Waals surface area contributed by atoms with Crippen molar-refractivity contribution in [1.82, 2.24) is 0 Å². The summed E-state index contributed by atoms with van der Waals surface area (Å²) >= 11 is 0. The number of methoxy groups -OCH3 is 2. The van der Waals surface area contributed by atoms with Gasteiger partial charge >= 0.3 is 8.56 Å². The molecule has 0 saturated heterocycles. The van der Waals surface area contributed by atoms with Gasteiger partial charge in [-0.1, -0.05) is 24.2 Å². The Kier molecular flexibility index (Phi) is 5.10. The summed E-state index contributed by atoms with van der Waals surface area (Å²) in [4.78, 5) is 0. The van der Waals surface area contributed by atoms with Crippen molar-refractivity contribution in [3.8, 4) is 11.5 Å². The fraction of sp³-hybridized carbons (Fsp3) is 0.316. The zero-order chi connectivity index (χ0) is 17.9. The van der Waals surface area contributed by atoms with Crippen LogP contribution in [-0.4, -0.2) is 28.5 Å². The molecule has 25 heavy (non-hydrogen) atoms. The van der Waals surface area contributed by atoms with E-state index in [4.69, 9.17) is 18.4 Å². The van der Waals surface area contributed by atoms with Gasteiger partial charge in [0.05, 0.1) is 14.2 Å². The average molecular weight is 357 g/mol. The molecule has 132 valence electrons. The van der Waals surface area contributed by atoms with E-state index in [0.29, 0.717) is 0 Å². The second-order valence-corrected chi connectivity index (χ2v) is 9.45. The first-order valence-corrected chi connectivity index (χ1v) is 10.8. The predicted molar refractivity (Wildman–Crippen MR) is 99.5 cm³/mol. The van der Waals surface area contributed by atoms with Gasteiger partial charge in [-0.15, -0.1) is 0 Å². The number of hydrogen-bond donors (Lipinski definition) is 0. The van der Waals surface area contributed by atoms with E-state index in [1.54, 1.807) is 14.2 Å². The van der Waals surface area contributed by atoms with Gasteiger partial charge < -0.3 is 18.4 Å². The lowest BCUT2D eigenvalue weighted by atomic mass is 9.99. The SMILES string of the molecule is CC[Si]1(C)ON=C(c2ccc(OC)cc2)C(c2ccc(OC)cc2)O1. The Morgan fingerprint density at radius 3 is 2.04 bits per heavy atom. The number of ether oxygens (including phenoxy) is 2. The Hall–Kier alpha value is -2.31. The Bertz CT molecular complexity index is 745. The summed E-state index contributed by atoms with van der Waals surface area (Å²) < 4.78 is 22.7. The Balaban J connectivity index is 1.99. The molecule has 6 heteroatoms. The van der Waals surface area contributed by atoms with E-state index in [2.05, 4.69) is 12.1 Å². The lowest BCUT2D eigenvalue weighted by molar-refractivity contribution is 0.130. The second-order valence-electron chi connectivity index (χ2n) is 6.05. The van der Waals surface area contributed by atoms with Crippen molar-refractivity contribution < 1.29 is 18.4 Å². The van der Waals surface area contributed by atoms with Crippen LogP contribution >= 0.6 is 0 Å². The van der Waals surface area contributed by atoms with Crippen LogP contribution in [0.2, 0.25) is 12.6 Å². The molecule has 1 heterocycles. The standard InChI is InChI=1S/C19H23NO4Si/c1-5-25(4)23-19(15-8-12-17(22-3)13-9-15)18(20-24-25)14-6-10-16(21-2)11-7-14/h6-13,19H,5H2,1-4H3. The molecule has 0 aliphatic carbocycles. The molecule has 2 unspecified atom stereocenters. The van der Waals surface area contributed by atoms with E-state index in [1.165, 1.54) is 0 Å². The maximum atomic E-state index is 6.42. The smallest absolute Gasteiger partial charge is 0.424 e. The van der Waals surface area contributed by atoms with Crippen LogP contribution in [0.25, 0.3) is 0 Å². The number of oxime groups is 1.